The molecule has 6 amide bonds. The van der Waals surface area contributed by atoms with E-state index in [0.717, 1.165) is 22.0 Å². The van der Waals surface area contributed by atoms with Crippen molar-refractivity contribution in [2.24, 2.45) is 23.7 Å². The fraction of sp³-hybridized carbons (Fsp3) is 0.150. The number of benzene rings is 3. The van der Waals surface area contributed by atoms with Gasteiger partial charge in [-0.05, 0) is 72.8 Å². The number of ether oxygens (including phenoxy) is 2. The molecular weight excluding hydrogens is 712 g/mol. The SMILES string of the molecule is CNC(=O)C1C=C(C(=O)Nc2ccc(Oc3ccc(N4C(=O)C5=CC6C(=O)N(c7ccc(OC)cc7)C(=O)C6C=C5C4=O)cc3)cc2)C(C=O)=CC1C(=O)O. The van der Waals surface area contributed by atoms with E-state index in [2.05, 4.69) is 10.6 Å². The zero-order chi connectivity index (χ0) is 39.1. The lowest BCUT2D eigenvalue weighted by Crippen LogP contribution is -2.37. The van der Waals surface area contributed by atoms with Gasteiger partial charge < -0.3 is 25.2 Å². The summed E-state index contributed by atoms with van der Waals surface area (Å²) < 4.78 is 11.0. The standard InChI is InChI=1S/C40H30N4O11/c1-41-34(46)28-16-27(20(19-45)15-33(28)40(52)53)35(47)42-21-3-9-25(10-4-21)55-26-13-7-23(8-14-26)44-38(50)31-17-29-30(18-32(31)39(44)51)37(49)43(36(29)48)22-5-11-24(54-2)12-6-22/h3-19,28-30,33H,1-2H3,(H,41,46)(H,42,47)(H,52,53). The predicted molar refractivity (Wildman–Crippen MR) is 194 cm³/mol. The Morgan fingerprint density at radius 2 is 1.20 bits per heavy atom. The van der Waals surface area contributed by atoms with Crippen LogP contribution in [0.2, 0.25) is 0 Å². The van der Waals surface area contributed by atoms with Crippen molar-refractivity contribution in [3.8, 4) is 17.2 Å². The highest BCUT2D eigenvalue weighted by Gasteiger charge is 2.52. The van der Waals surface area contributed by atoms with Crippen LogP contribution in [0.1, 0.15) is 0 Å². The predicted octanol–water partition coefficient (Wildman–Crippen LogP) is 3.10. The summed E-state index contributed by atoms with van der Waals surface area (Å²) >= 11 is 0. The summed E-state index contributed by atoms with van der Waals surface area (Å²) in [5.74, 6) is -8.10. The maximum atomic E-state index is 13.5. The first-order valence-corrected chi connectivity index (χ1v) is 16.8. The lowest BCUT2D eigenvalue weighted by atomic mass is 9.81. The van der Waals surface area contributed by atoms with E-state index < -0.39 is 65.1 Å². The second kappa shape index (κ2) is 14.2. The first-order valence-electron chi connectivity index (χ1n) is 16.8. The Labute approximate surface area is 312 Å². The molecule has 2 saturated heterocycles. The molecule has 0 saturated carbocycles. The molecule has 4 aliphatic rings. The lowest BCUT2D eigenvalue weighted by Gasteiger charge is -2.23. The van der Waals surface area contributed by atoms with Gasteiger partial charge >= 0.3 is 5.97 Å². The van der Waals surface area contributed by atoms with Crippen LogP contribution in [0.15, 0.2) is 119 Å². The zero-order valence-electron chi connectivity index (χ0n) is 29.0. The number of hydrogen-bond acceptors (Lipinski definition) is 10. The van der Waals surface area contributed by atoms with Crippen molar-refractivity contribution in [1.29, 1.82) is 0 Å². The van der Waals surface area contributed by atoms with Crippen molar-refractivity contribution in [3.05, 3.63) is 119 Å². The Balaban J connectivity index is 1.01. The quantitative estimate of drug-likeness (QED) is 0.203. The molecule has 0 aromatic heterocycles. The van der Waals surface area contributed by atoms with Crippen LogP contribution in [0, 0.1) is 23.7 Å². The molecule has 2 fully saturated rings. The van der Waals surface area contributed by atoms with Crippen LogP contribution in [0.25, 0.3) is 0 Å². The van der Waals surface area contributed by atoms with Crippen molar-refractivity contribution < 1.29 is 52.9 Å². The number of methoxy groups -OCH3 is 1. The first-order chi connectivity index (χ1) is 26.4. The van der Waals surface area contributed by atoms with Gasteiger partial charge in [-0.15, -0.1) is 0 Å². The van der Waals surface area contributed by atoms with Crippen molar-refractivity contribution in [3.63, 3.8) is 0 Å². The smallest absolute Gasteiger partial charge is 0.311 e. The second-order valence-electron chi connectivity index (χ2n) is 12.8. The van der Waals surface area contributed by atoms with Gasteiger partial charge in [-0.3, -0.25) is 38.4 Å². The average Bonchev–Trinajstić information content (AvgIpc) is 3.59. The highest BCUT2D eigenvalue weighted by molar-refractivity contribution is 6.38. The summed E-state index contributed by atoms with van der Waals surface area (Å²) in [6.45, 7) is 0. The number of aliphatic carboxylic acids is 1. The summed E-state index contributed by atoms with van der Waals surface area (Å²) in [6, 6.07) is 18.7. The third-order valence-electron chi connectivity index (χ3n) is 9.63. The fourth-order valence-corrected chi connectivity index (χ4v) is 6.84. The molecule has 15 heteroatoms. The number of carboxylic acids is 1. The molecule has 7 rings (SSSR count). The molecule has 0 radical (unpaired) electrons. The summed E-state index contributed by atoms with van der Waals surface area (Å²) in [5, 5.41) is 14.5. The molecule has 15 nitrogen and oxygen atoms in total. The van der Waals surface area contributed by atoms with E-state index >= 15 is 0 Å². The molecule has 0 bridgehead atoms. The zero-order valence-corrected chi connectivity index (χ0v) is 29.0. The summed E-state index contributed by atoms with van der Waals surface area (Å²) in [6.07, 6.45) is 5.39. The number of carbonyl (C=O) groups excluding carboxylic acids is 7. The molecule has 3 aromatic carbocycles. The maximum Gasteiger partial charge on any atom is 0.311 e. The van der Waals surface area contributed by atoms with Gasteiger partial charge in [-0.1, -0.05) is 24.3 Å². The van der Waals surface area contributed by atoms with Gasteiger partial charge in [-0.25, -0.2) is 9.80 Å². The molecule has 2 aliphatic carbocycles. The number of nitrogens with one attached hydrogen (secondary N) is 2. The fourth-order valence-electron chi connectivity index (χ4n) is 6.84. The minimum Gasteiger partial charge on any atom is -0.497 e. The lowest BCUT2D eigenvalue weighted by molar-refractivity contribution is -0.144. The van der Waals surface area contributed by atoms with Crippen LogP contribution in [-0.4, -0.2) is 67.0 Å². The minimum atomic E-state index is -1.32. The second-order valence-corrected chi connectivity index (χ2v) is 12.8. The molecule has 3 N–H and O–H groups in total. The number of rotatable bonds is 10. The van der Waals surface area contributed by atoms with Gasteiger partial charge in [0, 0.05) is 35.0 Å². The number of carbonyl (C=O) groups is 8. The molecule has 0 spiro atoms. The number of hydrogen-bond donors (Lipinski definition) is 3. The van der Waals surface area contributed by atoms with E-state index in [1.165, 1.54) is 50.6 Å². The first kappa shape index (κ1) is 36.0. The number of amides is 6. The third kappa shape index (κ3) is 6.37. The third-order valence-corrected chi connectivity index (χ3v) is 9.63. The summed E-state index contributed by atoms with van der Waals surface area (Å²) in [7, 11) is 2.83. The van der Waals surface area contributed by atoms with Gasteiger partial charge in [-0.2, -0.15) is 0 Å². The Bertz CT molecular complexity index is 2270. The Kier molecular flexibility index (Phi) is 9.28. The Morgan fingerprint density at radius 3 is 1.69 bits per heavy atom. The van der Waals surface area contributed by atoms with Gasteiger partial charge in [0.1, 0.15) is 17.2 Å². The normalized spacial score (nSPS) is 21.4. The number of anilines is 3. The monoisotopic (exact) mass is 742 g/mol. The van der Waals surface area contributed by atoms with Crippen molar-refractivity contribution >= 4 is 64.8 Å². The average molecular weight is 743 g/mol. The minimum absolute atomic E-state index is 0.0467. The molecule has 3 aromatic rings. The molecule has 4 unspecified atom stereocenters. The van der Waals surface area contributed by atoms with Crippen LogP contribution < -0.4 is 29.9 Å². The van der Waals surface area contributed by atoms with Crippen LogP contribution in [0.3, 0.4) is 0 Å². The van der Waals surface area contributed by atoms with Crippen LogP contribution in [0.5, 0.6) is 17.2 Å². The highest BCUT2D eigenvalue weighted by Crippen LogP contribution is 2.42. The maximum absolute atomic E-state index is 13.5. The largest absolute Gasteiger partial charge is 0.497 e. The molecule has 2 aliphatic heterocycles. The molecule has 55 heavy (non-hydrogen) atoms. The van der Waals surface area contributed by atoms with Crippen molar-refractivity contribution in [2.45, 2.75) is 0 Å². The van der Waals surface area contributed by atoms with E-state index in [1.54, 1.807) is 48.5 Å². The Hall–Kier alpha value is -7.42. The van der Waals surface area contributed by atoms with Crippen molar-refractivity contribution in [1.82, 2.24) is 5.32 Å². The van der Waals surface area contributed by atoms with E-state index in [9.17, 15) is 43.5 Å². The number of aldehydes is 1. The summed E-state index contributed by atoms with van der Waals surface area (Å²) in [4.78, 5) is 105. The number of imide groups is 2. The van der Waals surface area contributed by atoms with Gasteiger partial charge in [0.2, 0.25) is 17.7 Å². The van der Waals surface area contributed by atoms with E-state index in [1.807, 2.05) is 0 Å². The topological polar surface area (TPSA) is 206 Å². The highest BCUT2D eigenvalue weighted by atomic mass is 16.5. The number of nitrogens with zero attached hydrogens (tertiary/aromatic N) is 2. The molecule has 2 heterocycles. The molecule has 276 valence electrons. The van der Waals surface area contributed by atoms with Crippen LogP contribution in [-0.2, 0) is 38.4 Å². The van der Waals surface area contributed by atoms with E-state index in [-0.39, 0.29) is 28.0 Å². The van der Waals surface area contributed by atoms with Gasteiger partial charge in [0.15, 0.2) is 6.29 Å². The van der Waals surface area contributed by atoms with Crippen LogP contribution >= 0.6 is 0 Å². The summed E-state index contributed by atoms with van der Waals surface area (Å²) in [5.41, 5.74) is 0.692. The molecule has 4 atom stereocenters. The Morgan fingerprint density at radius 1 is 0.691 bits per heavy atom. The molecular formula is C40H30N4O11. The van der Waals surface area contributed by atoms with Crippen LogP contribution in [0.4, 0.5) is 17.1 Å². The number of carboxylic acid groups (broad SMARTS) is 1. The van der Waals surface area contributed by atoms with Crippen molar-refractivity contribution in [2.75, 3.05) is 29.3 Å². The number of fused-ring (bicyclic) bond motifs is 2. The van der Waals surface area contributed by atoms with Gasteiger partial charge in [0.05, 0.1) is 42.2 Å². The van der Waals surface area contributed by atoms with E-state index in [0.29, 0.717) is 34.9 Å². The van der Waals surface area contributed by atoms with E-state index in [4.69, 9.17) is 9.47 Å². The van der Waals surface area contributed by atoms with Gasteiger partial charge in [0.25, 0.3) is 17.7 Å².